The number of amides is 1. The van der Waals surface area contributed by atoms with Crippen LogP contribution >= 0.6 is 12.4 Å². The molecule has 0 aromatic carbocycles. The van der Waals surface area contributed by atoms with Crippen LogP contribution in [0.5, 0.6) is 0 Å². The Morgan fingerprint density at radius 3 is 2.19 bits per heavy atom. The van der Waals surface area contributed by atoms with Crippen molar-refractivity contribution in [1.82, 2.24) is 5.32 Å². The number of halogens is 1. The number of hydrogen-bond donors (Lipinski definition) is 2. The summed E-state index contributed by atoms with van der Waals surface area (Å²) in [6.45, 7) is 8.78. The topological polar surface area (TPSA) is 55.1 Å². The lowest BCUT2D eigenvalue weighted by atomic mass is 10.0. The Kier molecular flexibility index (Phi) is 11.2. The molecule has 0 saturated heterocycles. The average Bonchev–Trinajstić information content (AvgIpc) is 2.15. The monoisotopic (exact) mass is 250 g/mol. The van der Waals surface area contributed by atoms with Crippen LogP contribution in [-0.2, 0) is 4.79 Å². The Bertz CT molecular complexity index is 186. The van der Waals surface area contributed by atoms with Gasteiger partial charge in [0.05, 0.1) is 0 Å². The van der Waals surface area contributed by atoms with Crippen LogP contribution in [0.25, 0.3) is 0 Å². The molecule has 0 saturated carbocycles. The quantitative estimate of drug-likeness (QED) is 0.729. The molecule has 0 bridgehead atoms. The Morgan fingerprint density at radius 2 is 1.75 bits per heavy atom. The van der Waals surface area contributed by atoms with Gasteiger partial charge in [0.2, 0.25) is 5.91 Å². The Labute approximate surface area is 106 Å². The largest absolute Gasteiger partial charge is 0.353 e. The number of rotatable bonds is 7. The second-order valence-corrected chi connectivity index (χ2v) is 4.87. The zero-order valence-corrected chi connectivity index (χ0v) is 11.8. The van der Waals surface area contributed by atoms with Crippen LogP contribution in [0.15, 0.2) is 0 Å². The predicted octanol–water partition coefficient (Wildman–Crippen LogP) is 2.33. The van der Waals surface area contributed by atoms with Crippen molar-refractivity contribution in [2.24, 2.45) is 17.6 Å². The molecule has 2 unspecified atom stereocenters. The highest BCUT2D eigenvalue weighted by atomic mass is 35.5. The molecule has 0 aromatic rings. The SMILES string of the molecule is CC(C)CCCC(C)NC(=O)C(C)CN.Cl. The predicted molar refractivity (Wildman–Crippen MR) is 71.8 cm³/mol. The zero-order valence-electron chi connectivity index (χ0n) is 11.0. The first-order valence-electron chi connectivity index (χ1n) is 5.97. The molecule has 0 aliphatic rings. The van der Waals surface area contributed by atoms with Crippen LogP contribution in [0.1, 0.15) is 47.0 Å². The minimum atomic E-state index is -0.0717. The molecule has 1 amide bonds. The van der Waals surface area contributed by atoms with Crippen molar-refractivity contribution in [3.63, 3.8) is 0 Å². The third kappa shape index (κ3) is 8.98. The summed E-state index contributed by atoms with van der Waals surface area (Å²) < 4.78 is 0. The molecule has 3 N–H and O–H groups in total. The lowest BCUT2D eigenvalue weighted by Crippen LogP contribution is -2.38. The summed E-state index contributed by atoms with van der Waals surface area (Å²) in [6.07, 6.45) is 3.46. The fourth-order valence-corrected chi connectivity index (χ4v) is 1.40. The van der Waals surface area contributed by atoms with Crippen LogP contribution in [0, 0.1) is 11.8 Å². The van der Waals surface area contributed by atoms with Gasteiger partial charge in [0.25, 0.3) is 0 Å². The summed E-state index contributed by atoms with van der Waals surface area (Å²) in [6, 6.07) is 0.269. The van der Waals surface area contributed by atoms with Gasteiger partial charge in [-0.05, 0) is 19.3 Å². The number of nitrogens with one attached hydrogen (secondary N) is 1. The Balaban J connectivity index is 0. The average molecular weight is 251 g/mol. The van der Waals surface area contributed by atoms with Crippen molar-refractivity contribution in [2.45, 2.75) is 53.0 Å². The van der Waals surface area contributed by atoms with Crippen molar-refractivity contribution in [2.75, 3.05) is 6.54 Å². The van der Waals surface area contributed by atoms with E-state index in [0.717, 1.165) is 12.3 Å². The van der Waals surface area contributed by atoms with Gasteiger partial charge in [-0.1, -0.05) is 33.6 Å². The minimum Gasteiger partial charge on any atom is -0.353 e. The lowest BCUT2D eigenvalue weighted by molar-refractivity contribution is -0.124. The van der Waals surface area contributed by atoms with E-state index in [9.17, 15) is 4.79 Å². The first kappa shape index (κ1) is 18.1. The fraction of sp³-hybridized carbons (Fsp3) is 0.917. The van der Waals surface area contributed by atoms with Crippen LogP contribution in [0.3, 0.4) is 0 Å². The summed E-state index contributed by atoms with van der Waals surface area (Å²) in [5.74, 6) is 0.753. The molecule has 98 valence electrons. The molecule has 0 heterocycles. The molecule has 0 rings (SSSR count). The molecule has 0 spiro atoms. The maximum Gasteiger partial charge on any atom is 0.224 e. The minimum absolute atomic E-state index is 0. The van der Waals surface area contributed by atoms with Gasteiger partial charge in [0.15, 0.2) is 0 Å². The molecule has 0 fully saturated rings. The molecular formula is C12H27ClN2O. The van der Waals surface area contributed by atoms with Gasteiger partial charge in [-0.25, -0.2) is 0 Å². The number of hydrogen-bond acceptors (Lipinski definition) is 2. The third-order valence-electron chi connectivity index (χ3n) is 2.61. The number of carbonyl (C=O) groups excluding carboxylic acids is 1. The fourth-order valence-electron chi connectivity index (χ4n) is 1.40. The smallest absolute Gasteiger partial charge is 0.224 e. The zero-order chi connectivity index (χ0) is 11.8. The summed E-state index contributed by atoms with van der Waals surface area (Å²) in [5.41, 5.74) is 5.43. The number of carbonyl (C=O) groups is 1. The highest BCUT2D eigenvalue weighted by Gasteiger charge is 2.13. The van der Waals surface area contributed by atoms with Crippen LogP contribution in [0.4, 0.5) is 0 Å². The molecule has 16 heavy (non-hydrogen) atoms. The molecule has 0 radical (unpaired) electrons. The van der Waals surface area contributed by atoms with Crippen molar-refractivity contribution < 1.29 is 4.79 Å². The maximum atomic E-state index is 11.5. The maximum absolute atomic E-state index is 11.5. The third-order valence-corrected chi connectivity index (χ3v) is 2.61. The molecule has 4 heteroatoms. The van der Waals surface area contributed by atoms with E-state index in [4.69, 9.17) is 5.73 Å². The second-order valence-electron chi connectivity index (χ2n) is 4.87. The van der Waals surface area contributed by atoms with Gasteiger partial charge in [0.1, 0.15) is 0 Å². The van der Waals surface area contributed by atoms with Crippen molar-refractivity contribution in [1.29, 1.82) is 0 Å². The first-order valence-corrected chi connectivity index (χ1v) is 5.97. The second kappa shape index (κ2) is 9.91. The highest BCUT2D eigenvalue weighted by Crippen LogP contribution is 2.08. The molecular weight excluding hydrogens is 224 g/mol. The number of nitrogens with two attached hydrogens (primary N) is 1. The van der Waals surface area contributed by atoms with E-state index in [1.165, 1.54) is 12.8 Å². The van der Waals surface area contributed by atoms with E-state index in [-0.39, 0.29) is 30.3 Å². The van der Waals surface area contributed by atoms with E-state index in [1.54, 1.807) is 0 Å². The van der Waals surface area contributed by atoms with Gasteiger partial charge in [-0.3, -0.25) is 4.79 Å². The van der Waals surface area contributed by atoms with E-state index in [0.29, 0.717) is 6.54 Å². The van der Waals surface area contributed by atoms with E-state index in [2.05, 4.69) is 26.1 Å². The van der Waals surface area contributed by atoms with Crippen molar-refractivity contribution in [3.05, 3.63) is 0 Å². The molecule has 0 aliphatic carbocycles. The standard InChI is InChI=1S/C12H26N2O.ClH/c1-9(2)6-5-7-11(4)14-12(15)10(3)8-13;/h9-11H,5-8,13H2,1-4H3,(H,14,15);1H. The normalized spacial score (nSPS) is 14.1. The van der Waals surface area contributed by atoms with Gasteiger partial charge in [-0.15, -0.1) is 12.4 Å². The molecule has 2 atom stereocenters. The van der Waals surface area contributed by atoms with Crippen LogP contribution in [-0.4, -0.2) is 18.5 Å². The van der Waals surface area contributed by atoms with Crippen LogP contribution in [0.2, 0.25) is 0 Å². The Morgan fingerprint density at radius 1 is 1.19 bits per heavy atom. The van der Waals surface area contributed by atoms with Gasteiger partial charge >= 0.3 is 0 Å². The summed E-state index contributed by atoms with van der Waals surface area (Å²) in [7, 11) is 0. The van der Waals surface area contributed by atoms with E-state index < -0.39 is 0 Å². The van der Waals surface area contributed by atoms with Gasteiger partial charge in [-0.2, -0.15) is 0 Å². The van der Waals surface area contributed by atoms with Crippen molar-refractivity contribution >= 4 is 18.3 Å². The summed E-state index contributed by atoms with van der Waals surface area (Å²) >= 11 is 0. The van der Waals surface area contributed by atoms with E-state index >= 15 is 0 Å². The molecule has 0 aromatic heterocycles. The Hall–Kier alpha value is -0.280. The van der Waals surface area contributed by atoms with Crippen molar-refractivity contribution in [3.8, 4) is 0 Å². The summed E-state index contributed by atoms with van der Waals surface area (Å²) in [4.78, 5) is 11.5. The van der Waals surface area contributed by atoms with Gasteiger partial charge in [0, 0.05) is 18.5 Å². The molecule has 0 aliphatic heterocycles. The first-order chi connectivity index (χ1) is 6.97. The van der Waals surface area contributed by atoms with Crippen LogP contribution < -0.4 is 11.1 Å². The summed E-state index contributed by atoms with van der Waals surface area (Å²) in [5, 5.41) is 2.99. The molecule has 3 nitrogen and oxygen atoms in total. The lowest BCUT2D eigenvalue weighted by Gasteiger charge is -2.17. The van der Waals surface area contributed by atoms with E-state index in [1.807, 2.05) is 6.92 Å². The highest BCUT2D eigenvalue weighted by molar-refractivity contribution is 5.85. The van der Waals surface area contributed by atoms with Gasteiger partial charge < -0.3 is 11.1 Å².